The van der Waals surface area contributed by atoms with Crippen LogP contribution in [0.25, 0.3) is 0 Å². The number of carbonyl (C=O) groups is 2. The van der Waals surface area contributed by atoms with E-state index in [2.05, 4.69) is 20.9 Å². The van der Waals surface area contributed by atoms with Gasteiger partial charge < -0.3 is 30.2 Å². The molecule has 0 aliphatic rings. The summed E-state index contributed by atoms with van der Waals surface area (Å²) in [5, 5.41) is 31.2. The van der Waals surface area contributed by atoms with Crippen LogP contribution in [-0.4, -0.2) is 67.9 Å². The number of rotatable bonds is 14. The number of nitrogens with one attached hydrogen (secondary N) is 2. The van der Waals surface area contributed by atoms with E-state index >= 15 is 0 Å². The molecular weight excluding hydrogens is 466 g/mol. The van der Waals surface area contributed by atoms with Crippen LogP contribution in [0.5, 0.6) is 0 Å². The maximum atomic E-state index is 11.8. The van der Waals surface area contributed by atoms with Gasteiger partial charge in [0.2, 0.25) is 11.8 Å². The van der Waals surface area contributed by atoms with Crippen LogP contribution >= 0.6 is 15.2 Å². The minimum Gasteiger partial charge on any atom is -0.355 e. The molecule has 180 valence electrons. The molecule has 0 aliphatic heterocycles. The standard InChI is InChI=1S/C16H28N6O8P2/c1-15(11-17,5-3-13(23)19-7-9-31(25,26)27)21-22-16(2,12-18)6-4-14(24)20-8-10-32(28,29)30/h3-10H2,1-2H3,(H,19,23)(H,20,24)(H2,25,26,27)(H2,28,29,30). The number of nitriles is 2. The third kappa shape index (κ3) is 14.8. The quantitative estimate of drug-likeness (QED) is 0.141. The largest absolute Gasteiger partial charge is 0.355 e. The molecular formula is C16H28N6O8P2. The van der Waals surface area contributed by atoms with Crippen LogP contribution in [0.4, 0.5) is 0 Å². The van der Waals surface area contributed by atoms with E-state index in [9.17, 15) is 29.2 Å². The van der Waals surface area contributed by atoms with Crippen LogP contribution in [-0.2, 0) is 18.7 Å². The van der Waals surface area contributed by atoms with Crippen molar-refractivity contribution in [2.24, 2.45) is 10.2 Å². The Morgan fingerprint density at radius 3 is 1.38 bits per heavy atom. The Labute approximate surface area is 185 Å². The smallest absolute Gasteiger partial charge is 0.327 e. The fraction of sp³-hybridized carbons (Fsp3) is 0.750. The first kappa shape index (κ1) is 29.8. The molecule has 0 saturated carbocycles. The number of hydrogen-bond acceptors (Lipinski definition) is 8. The number of azo groups is 1. The van der Waals surface area contributed by atoms with Gasteiger partial charge in [-0.05, 0) is 26.7 Å². The Morgan fingerprint density at radius 2 is 1.12 bits per heavy atom. The summed E-state index contributed by atoms with van der Waals surface area (Å²) >= 11 is 0. The number of carbonyl (C=O) groups excluding carboxylic acids is 2. The highest BCUT2D eigenvalue weighted by Crippen LogP contribution is 2.33. The zero-order chi connectivity index (χ0) is 25.1. The van der Waals surface area contributed by atoms with E-state index in [-0.39, 0.29) is 38.8 Å². The summed E-state index contributed by atoms with van der Waals surface area (Å²) in [6, 6.07) is 3.78. The highest BCUT2D eigenvalue weighted by atomic mass is 31.2. The molecule has 0 aromatic carbocycles. The van der Waals surface area contributed by atoms with Crippen LogP contribution in [0.15, 0.2) is 10.2 Å². The van der Waals surface area contributed by atoms with Crippen LogP contribution in [0.3, 0.4) is 0 Å². The minimum atomic E-state index is -4.23. The van der Waals surface area contributed by atoms with Crippen molar-refractivity contribution in [3.8, 4) is 12.1 Å². The lowest BCUT2D eigenvalue weighted by atomic mass is 9.97. The minimum absolute atomic E-state index is 0.0703. The van der Waals surface area contributed by atoms with Gasteiger partial charge in [0.1, 0.15) is 0 Å². The van der Waals surface area contributed by atoms with E-state index in [0.717, 1.165) is 0 Å². The molecule has 2 atom stereocenters. The summed E-state index contributed by atoms with van der Waals surface area (Å²) in [5.74, 6) is -1.07. The molecule has 2 amide bonds. The highest BCUT2D eigenvalue weighted by Gasteiger charge is 2.29. The molecule has 16 heteroatoms. The van der Waals surface area contributed by atoms with Gasteiger partial charge in [0.15, 0.2) is 11.1 Å². The van der Waals surface area contributed by atoms with Gasteiger partial charge in [-0.3, -0.25) is 18.7 Å². The average Bonchev–Trinajstić information content (AvgIpc) is 2.67. The number of amides is 2. The Bertz CT molecular complexity index is 803. The first-order valence-electron chi connectivity index (χ1n) is 9.42. The van der Waals surface area contributed by atoms with Crippen molar-refractivity contribution in [2.75, 3.05) is 25.4 Å². The van der Waals surface area contributed by atoms with Gasteiger partial charge in [-0.2, -0.15) is 20.8 Å². The Hall–Kier alpha value is -2.18. The summed E-state index contributed by atoms with van der Waals surface area (Å²) in [5.41, 5.74) is -2.91. The molecule has 0 aromatic rings. The predicted molar refractivity (Wildman–Crippen MR) is 111 cm³/mol. The van der Waals surface area contributed by atoms with Crippen molar-refractivity contribution in [3.63, 3.8) is 0 Å². The summed E-state index contributed by atoms with van der Waals surface area (Å²) < 4.78 is 21.5. The second kappa shape index (κ2) is 12.8. The van der Waals surface area contributed by atoms with Crippen molar-refractivity contribution in [2.45, 2.75) is 50.6 Å². The fourth-order valence-electron chi connectivity index (χ4n) is 2.05. The van der Waals surface area contributed by atoms with Crippen LogP contribution in [0, 0.1) is 22.7 Å². The Kier molecular flexibility index (Phi) is 11.9. The molecule has 32 heavy (non-hydrogen) atoms. The third-order valence-electron chi connectivity index (χ3n) is 4.10. The molecule has 0 radical (unpaired) electrons. The van der Waals surface area contributed by atoms with Gasteiger partial charge in [-0.25, -0.2) is 0 Å². The molecule has 0 aromatic heterocycles. The lowest BCUT2D eigenvalue weighted by molar-refractivity contribution is -0.122. The van der Waals surface area contributed by atoms with Gasteiger partial charge in [0, 0.05) is 25.9 Å². The van der Waals surface area contributed by atoms with Crippen molar-refractivity contribution >= 4 is 27.0 Å². The Morgan fingerprint density at radius 1 is 0.812 bits per heavy atom. The average molecular weight is 494 g/mol. The number of hydrogen-bond donors (Lipinski definition) is 6. The molecule has 0 aliphatic carbocycles. The van der Waals surface area contributed by atoms with E-state index in [1.54, 1.807) is 0 Å². The molecule has 14 nitrogen and oxygen atoms in total. The zero-order valence-corrected chi connectivity index (χ0v) is 19.6. The van der Waals surface area contributed by atoms with Crippen molar-refractivity contribution < 1.29 is 38.3 Å². The van der Waals surface area contributed by atoms with Crippen LogP contribution in [0.1, 0.15) is 39.5 Å². The van der Waals surface area contributed by atoms with Crippen molar-refractivity contribution in [1.29, 1.82) is 10.5 Å². The molecule has 0 saturated heterocycles. The lowest BCUT2D eigenvalue weighted by Crippen LogP contribution is -2.31. The van der Waals surface area contributed by atoms with Gasteiger partial charge in [0.25, 0.3) is 0 Å². The first-order chi connectivity index (χ1) is 14.5. The molecule has 0 rings (SSSR count). The molecule has 2 unspecified atom stereocenters. The molecule has 0 fully saturated rings. The molecule has 0 spiro atoms. The van der Waals surface area contributed by atoms with Gasteiger partial charge in [-0.1, -0.05) is 0 Å². The van der Waals surface area contributed by atoms with E-state index in [1.807, 2.05) is 12.1 Å². The SMILES string of the molecule is CC(C#N)(CCC(=O)NCCP(=O)(O)O)N=NC(C)(C#N)CCC(=O)NCCP(=O)(O)O. The summed E-state index contributed by atoms with van der Waals surface area (Å²) in [6.45, 7) is 2.34. The predicted octanol–water partition coefficient (Wildman–Crippen LogP) is 0.151. The summed E-state index contributed by atoms with van der Waals surface area (Å²) in [4.78, 5) is 58.6. The fourth-order valence-corrected chi connectivity index (χ4v) is 2.86. The van der Waals surface area contributed by atoms with Crippen LogP contribution in [0.2, 0.25) is 0 Å². The second-order valence-corrected chi connectivity index (χ2v) is 11.0. The van der Waals surface area contributed by atoms with E-state index in [1.165, 1.54) is 13.8 Å². The molecule has 6 N–H and O–H groups in total. The maximum absolute atomic E-state index is 11.8. The van der Waals surface area contributed by atoms with E-state index in [4.69, 9.17) is 19.6 Å². The van der Waals surface area contributed by atoms with Crippen molar-refractivity contribution in [1.82, 2.24) is 10.6 Å². The first-order valence-corrected chi connectivity index (χ1v) is 13.0. The Balaban J connectivity index is 4.76. The van der Waals surface area contributed by atoms with E-state index in [0.29, 0.717) is 0 Å². The zero-order valence-electron chi connectivity index (χ0n) is 17.8. The summed E-state index contributed by atoms with van der Waals surface area (Å²) in [7, 11) is -8.47. The highest BCUT2D eigenvalue weighted by molar-refractivity contribution is 7.52. The van der Waals surface area contributed by atoms with Gasteiger partial charge in [-0.15, -0.1) is 0 Å². The van der Waals surface area contributed by atoms with E-state index < -0.39 is 50.4 Å². The van der Waals surface area contributed by atoms with Gasteiger partial charge in [0.05, 0.1) is 24.5 Å². The van der Waals surface area contributed by atoms with Gasteiger partial charge >= 0.3 is 15.2 Å². The lowest BCUT2D eigenvalue weighted by Gasteiger charge is -2.19. The third-order valence-corrected chi connectivity index (χ3v) is 5.71. The normalized spacial score (nSPS) is 15.8. The molecule has 0 bridgehead atoms. The van der Waals surface area contributed by atoms with Crippen LogP contribution < -0.4 is 10.6 Å². The molecule has 0 heterocycles. The topological polar surface area (TPSA) is 246 Å². The van der Waals surface area contributed by atoms with Crippen molar-refractivity contribution in [3.05, 3.63) is 0 Å². The maximum Gasteiger partial charge on any atom is 0.327 e. The monoisotopic (exact) mass is 494 g/mol. The summed E-state index contributed by atoms with van der Waals surface area (Å²) in [6.07, 6.45) is -1.51. The second-order valence-electron chi connectivity index (χ2n) is 7.45. The number of nitrogens with zero attached hydrogens (tertiary/aromatic N) is 4.